The van der Waals surface area contributed by atoms with Gasteiger partial charge in [-0.1, -0.05) is 61.9 Å². The molecule has 0 saturated heterocycles. The molecular formula is C19H25ClN2O2. The fourth-order valence-corrected chi connectivity index (χ4v) is 2.02. The van der Waals surface area contributed by atoms with E-state index in [0.717, 1.165) is 23.9 Å². The molecule has 0 spiro atoms. The van der Waals surface area contributed by atoms with Crippen LogP contribution in [-0.2, 0) is 13.0 Å². The van der Waals surface area contributed by atoms with Crippen LogP contribution in [0.5, 0.6) is 5.88 Å². The van der Waals surface area contributed by atoms with Crippen LogP contribution in [0.25, 0.3) is 0 Å². The van der Waals surface area contributed by atoms with Gasteiger partial charge in [0.1, 0.15) is 12.3 Å². The molecule has 0 radical (unpaired) electrons. The van der Waals surface area contributed by atoms with Crippen LogP contribution >= 0.6 is 11.6 Å². The molecule has 0 unspecified atom stereocenters. The number of aliphatic hydroxyl groups excluding tert-OH is 1. The van der Waals surface area contributed by atoms with Crippen LogP contribution in [0.15, 0.2) is 42.7 Å². The Bertz CT molecular complexity index is 639. The topological polar surface area (TPSA) is 55.2 Å². The fraction of sp³-hybridized carbons (Fsp3) is 0.368. The van der Waals surface area contributed by atoms with Gasteiger partial charge < -0.3 is 9.84 Å². The molecule has 1 aromatic heterocycles. The second kappa shape index (κ2) is 10.7. The number of halogens is 1. The lowest BCUT2D eigenvalue weighted by Gasteiger charge is -2.13. The average molecular weight is 349 g/mol. The zero-order valence-corrected chi connectivity index (χ0v) is 15.4. The predicted octanol–water partition coefficient (Wildman–Crippen LogP) is 5.29. The molecule has 0 saturated carbocycles. The highest BCUT2D eigenvalue weighted by atomic mass is 35.5. The van der Waals surface area contributed by atoms with Crippen LogP contribution in [-0.4, -0.2) is 15.1 Å². The summed E-state index contributed by atoms with van der Waals surface area (Å²) in [5.74, 6) is 1.06. The highest BCUT2D eigenvalue weighted by molar-refractivity contribution is 6.30. The molecule has 130 valence electrons. The van der Waals surface area contributed by atoms with E-state index in [2.05, 4.69) is 23.8 Å². The van der Waals surface area contributed by atoms with Gasteiger partial charge in [-0.15, -0.1) is 0 Å². The summed E-state index contributed by atoms with van der Waals surface area (Å²) in [6.07, 6.45) is 3.36. The summed E-state index contributed by atoms with van der Waals surface area (Å²) in [4.78, 5) is 8.83. The molecule has 1 aromatic carbocycles. The molecule has 2 aromatic rings. The standard InChI is InChI=1S/C16H19ClN2O.C3H6O/c1-11(2)9-14-16(18-12(3)15(17)19-14)20-10-13-7-5-4-6-8-13;1-2-3-4/h4-8,11H,9-10H2,1-3H3;2-4H,1H3. The van der Waals surface area contributed by atoms with E-state index in [4.69, 9.17) is 21.4 Å². The molecule has 1 heterocycles. The van der Waals surface area contributed by atoms with Crippen LogP contribution in [0.3, 0.4) is 0 Å². The minimum atomic E-state index is 0.452. The summed E-state index contributed by atoms with van der Waals surface area (Å²) in [6, 6.07) is 10.0. The third kappa shape index (κ3) is 7.01. The molecule has 5 heteroatoms. The van der Waals surface area contributed by atoms with Gasteiger partial charge in [-0.25, -0.2) is 9.97 Å². The Morgan fingerprint density at radius 1 is 1.21 bits per heavy atom. The average Bonchev–Trinajstić information content (AvgIpc) is 2.57. The summed E-state index contributed by atoms with van der Waals surface area (Å²) in [6.45, 7) is 8.35. The van der Waals surface area contributed by atoms with Crippen molar-refractivity contribution in [2.75, 3.05) is 0 Å². The van der Waals surface area contributed by atoms with Crippen molar-refractivity contribution in [2.24, 2.45) is 5.92 Å². The first kappa shape index (κ1) is 20.0. The number of aryl methyl sites for hydroxylation is 1. The lowest BCUT2D eigenvalue weighted by atomic mass is 10.1. The minimum absolute atomic E-state index is 0.452. The van der Waals surface area contributed by atoms with Gasteiger partial charge in [0.05, 0.1) is 12.0 Å². The molecule has 0 atom stereocenters. The summed E-state index contributed by atoms with van der Waals surface area (Å²) in [7, 11) is 0. The third-order valence-corrected chi connectivity index (χ3v) is 3.37. The molecule has 24 heavy (non-hydrogen) atoms. The zero-order chi connectivity index (χ0) is 17.9. The maximum Gasteiger partial charge on any atom is 0.236 e. The van der Waals surface area contributed by atoms with Gasteiger partial charge in [-0.3, -0.25) is 0 Å². The van der Waals surface area contributed by atoms with Crippen LogP contribution in [0.2, 0.25) is 5.15 Å². The minimum Gasteiger partial charge on any atom is -0.516 e. The molecular weight excluding hydrogens is 324 g/mol. The van der Waals surface area contributed by atoms with E-state index in [9.17, 15) is 0 Å². The number of hydrogen-bond donors (Lipinski definition) is 1. The quantitative estimate of drug-likeness (QED) is 0.745. The van der Waals surface area contributed by atoms with Gasteiger partial charge in [0, 0.05) is 0 Å². The van der Waals surface area contributed by atoms with Crippen molar-refractivity contribution in [3.05, 3.63) is 64.8 Å². The van der Waals surface area contributed by atoms with Crippen LogP contribution in [0.4, 0.5) is 0 Å². The highest BCUT2D eigenvalue weighted by Gasteiger charge is 2.13. The number of aromatic nitrogens is 2. The van der Waals surface area contributed by atoms with Crippen molar-refractivity contribution in [1.29, 1.82) is 0 Å². The molecule has 4 nitrogen and oxygen atoms in total. The molecule has 0 aliphatic carbocycles. The van der Waals surface area contributed by atoms with E-state index < -0.39 is 0 Å². The molecule has 0 fully saturated rings. The van der Waals surface area contributed by atoms with Gasteiger partial charge >= 0.3 is 0 Å². The van der Waals surface area contributed by atoms with E-state index in [1.165, 1.54) is 0 Å². The second-order valence-electron chi connectivity index (χ2n) is 5.71. The first-order valence-corrected chi connectivity index (χ1v) is 8.30. The summed E-state index contributed by atoms with van der Waals surface area (Å²) >= 11 is 6.06. The fourth-order valence-electron chi connectivity index (χ4n) is 1.87. The summed E-state index contributed by atoms with van der Waals surface area (Å²) < 4.78 is 5.83. The Balaban J connectivity index is 0.000000648. The number of benzene rings is 1. The van der Waals surface area contributed by atoms with Crippen molar-refractivity contribution in [3.63, 3.8) is 0 Å². The number of hydrogen-bond acceptors (Lipinski definition) is 4. The Hall–Kier alpha value is -2.07. The normalized spacial score (nSPS) is 10.6. The van der Waals surface area contributed by atoms with Crippen molar-refractivity contribution >= 4 is 11.6 Å². The maximum atomic E-state index is 7.69. The van der Waals surface area contributed by atoms with Gasteiger partial charge in [0.25, 0.3) is 0 Å². The Labute approximate surface area is 149 Å². The van der Waals surface area contributed by atoms with Gasteiger partial charge in [0.15, 0.2) is 5.15 Å². The Kier molecular flexibility index (Phi) is 8.87. The molecule has 0 bridgehead atoms. The predicted molar refractivity (Wildman–Crippen MR) is 98.5 cm³/mol. The largest absolute Gasteiger partial charge is 0.516 e. The molecule has 1 N–H and O–H groups in total. The highest BCUT2D eigenvalue weighted by Crippen LogP contribution is 2.22. The first-order valence-electron chi connectivity index (χ1n) is 7.93. The third-order valence-electron chi connectivity index (χ3n) is 3.02. The molecule has 2 rings (SSSR count). The Morgan fingerprint density at radius 3 is 2.38 bits per heavy atom. The molecule has 0 aliphatic heterocycles. The second-order valence-corrected chi connectivity index (χ2v) is 6.06. The number of rotatable bonds is 5. The van der Waals surface area contributed by atoms with Gasteiger partial charge in [0.2, 0.25) is 5.88 Å². The van der Waals surface area contributed by atoms with Crippen molar-refractivity contribution < 1.29 is 9.84 Å². The number of aliphatic hydroxyl groups is 1. The van der Waals surface area contributed by atoms with Crippen molar-refractivity contribution in [2.45, 2.75) is 40.7 Å². The lowest BCUT2D eigenvalue weighted by molar-refractivity contribution is 0.286. The number of ether oxygens (including phenoxy) is 1. The maximum absolute atomic E-state index is 7.69. The smallest absolute Gasteiger partial charge is 0.236 e. The van der Waals surface area contributed by atoms with E-state index in [0.29, 0.717) is 29.3 Å². The SMILES string of the molecule is CC=CO.Cc1nc(OCc2ccccc2)c(CC(C)C)nc1Cl. The molecule has 0 amide bonds. The first-order chi connectivity index (χ1) is 11.5. The van der Waals surface area contributed by atoms with Crippen LogP contribution in [0, 0.1) is 12.8 Å². The summed E-state index contributed by atoms with van der Waals surface area (Å²) in [5, 5.41) is 8.15. The molecule has 0 aliphatic rings. The van der Waals surface area contributed by atoms with E-state index in [1.807, 2.05) is 37.3 Å². The van der Waals surface area contributed by atoms with Gasteiger partial charge in [-0.2, -0.15) is 0 Å². The van der Waals surface area contributed by atoms with Crippen molar-refractivity contribution in [1.82, 2.24) is 9.97 Å². The van der Waals surface area contributed by atoms with E-state index >= 15 is 0 Å². The summed E-state index contributed by atoms with van der Waals surface area (Å²) in [5.41, 5.74) is 2.63. The van der Waals surface area contributed by atoms with Crippen LogP contribution in [0.1, 0.15) is 37.7 Å². The van der Waals surface area contributed by atoms with Crippen molar-refractivity contribution in [3.8, 4) is 5.88 Å². The number of nitrogens with zero attached hydrogens (tertiary/aromatic N) is 2. The van der Waals surface area contributed by atoms with E-state index in [1.54, 1.807) is 13.0 Å². The number of allylic oxidation sites excluding steroid dienone is 1. The van der Waals surface area contributed by atoms with E-state index in [-0.39, 0.29) is 0 Å². The lowest BCUT2D eigenvalue weighted by Crippen LogP contribution is -2.07. The zero-order valence-electron chi connectivity index (χ0n) is 14.7. The van der Waals surface area contributed by atoms with Gasteiger partial charge in [-0.05, 0) is 31.7 Å². The Morgan fingerprint density at radius 2 is 1.83 bits per heavy atom. The monoisotopic (exact) mass is 348 g/mol. The van der Waals surface area contributed by atoms with Crippen LogP contribution < -0.4 is 4.74 Å².